The molecule has 10 heavy (non-hydrogen) atoms. The van der Waals surface area contributed by atoms with Crippen LogP contribution in [0.1, 0.15) is 0 Å². The molecule has 2 rings (SSSR count). The van der Waals surface area contributed by atoms with Gasteiger partial charge in [-0.05, 0) is 0 Å². The molecule has 0 amide bonds. The van der Waals surface area contributed by atoms with E-state index in [-0.39, 0.29) is 10.9 Å². The maximum atomic E-state index is 8.98. The number of furan rings is 1. The van der Waals surface area contributed by atoms with Crippen molar-refractivity contribution in [2.24, 2.45) is 0 Å². The molecule has 52 valence electrons. The van der Waals surface area contributed by atoms with Gasteiger partial charge < -0.3 is 14.5 Å². The molecule has 2 N–H and O–H groups in total. The van der Waals surface area contributed by atoms with E-state index in [0.29, 0.717) is 11.1 Å². The van der Waals surface area contributed by atoms with Crippen molar-refractivity contribution in [1.29, 1.82) is 0 Å². The molecule has 0 aromatic carbocycles. The number of hydrogen-bond donors (Lipinski definition) is 2. The first-order valence-corrected chi connectivity index (χ1v) is 3.10. The Morgan fingerprint density at radius 3 is 3.10 bits per heavy atom. The van der Waals surface area contributed by atoms with Crippen LogP contribution in [0.4, 0.5) is 0 Å². The maximum Gasteiger partial charge on any atom is 0.212 e. The highest BCUT2D eigenvalue weighted by molar-refractivity contribution is 6.36. The van der Waals surface area contributed by atoms with E-state index in [0.717, 1.165) is 0 Å². The minimum atomic E-state index is -0.0454. The van der Waals surface area contributed by atoms with Gasteiger partial charge in [0, 0.05) is 6.07 Å². The van der Waals surface area contributed by atoms with Gasteiger partial charge in [-0.15, -0.1) is 0 Å². The Labute approximate surface area is 61.2 Å². The van der Waals surface area contributed by atoms with Gasteiger partial charge in [0.25, 0.3) is 0 Å². The van der Waals surface area contributed by atoms with Gasteiger partial charge in [0.05, 0.1) is 11.8 Å². The summed E-state index contributed by atoms with van der Waals surface area (Å²) in [5.41, 5.74) is 1.21. The molecule has 0 unspecified atom stereocenters. The zero-order valence-electron chi connectivity index (χ0n) is 4.89. The Morgan fingerprint density at radius 1 is 1.60 bits per heavy atom. The second-order valence-electron chi connectivity index (χ2n) is 1.95. The summed E-state index contributed by atoms with van der Waals surface area (Å²) in [4.78, 5) is 2.64. The highest BCUT2D eigenvalue weighted by atomic mass is 35.5. The van der Waals surface area contributed by atoms with E-state index < -0.39 is 0 Å². The summed E-state index contributed by atoms with van der Waals surface area (Å²) < 4.78 is 4.95. The van der Waals surface area contributed by atoms with Crippen molar-refractivity contribution in [3.8, 4) is 5.88 Å². The van der Waals surface area contributed by atoms with Gasteiger partial charge >= 0.3 is 0 Å². The lowest BCUT2D eigenvalue weighted by Crippen LogP contribution is -1.58. The Hall–Kier alpha value is -1.09. The zero-order chi connectivity index (χ0) is 7.14. The van der Waals surface area contributed by atoms with Crippen molar-refractivity contribution >= 4 is 22.7 Å². The molecule has 2 aromatic rings. The average Bonchev–Trinajstić information content (AvgIpc) is 2.41. The topological polar surface area (TPSA) is 49.2 Å². The number of halogens is 1. The molecule has 2 heterocycles. The van der Waals surface area contributed by atoms with E-state index in [9.17, 15) is 0 Å². The lowest BCUT2D eigenvalue weighted by molar-refractivity contribution is 0.458. The molecule has 4 heteroatoms. The predicted octanol–water partition coefficient (Wildman–Crippen LogP) is 2.12. The van der Waals surface area contributed by atoms with Crippen molar-refractivity contribution in [2.45, 2.75) is 0 Å². The fourth-order valence-electron chi connectivity index (χ4n) is 0.868. The molecule has 0 aliphatic rings. The van der Waals surface area contributed by atoms with Crippen LogP contribution in [0.2, 0.25) is 5.02 Å². The van der Waals surface area contributed by atoms with Gasteiger partial charge in [-0.1, -0.05) is 11.6 Å². The fourth-order valence-corrected chi connectivity index (χ4v) is 1.06. The minimum absolute atomic E-state index is 0.0454. The van der Waals surface area contributed by atoms with E-state index in [4.69, 9.17) is 21.1 Å². The molecule has 0 saturated carbocycles. The predicted molar refractivity (Wildman–Crippen MR) is 37.2 cm³/mol. The third-order valence-electron chi connectivity index (χ3n) is 1.33. The van der Waals surface area contributed by atoms with Crippen LogP contribution in [0.3, 0.4) is 0 Å². The molecule has 0 aliphatic carbocycles. The molecule has 0 atom stereocenters. The summed E-state index contributed by atoms with van der Waals surface area (Å²) in [5, 5.41) is 9.22. The number of aromatic amines is 1. The molecule has 0 saturated heterocycles. The number of aromatic hydroxyl groups is 1. The lowest BCUT2D eigenvalue weighted by atomic mass is 10.5. The van der Waals surface area contributed by atoms with Crippen LogP contribution in [0, 0.1) is 0 Å². The highest BCUT2D eigenvalue weighted by Crippen LogP contribution is 2.31. The van der Waals surface area contributed by atoms with Gasteiger partial charge in [0.15, 0.2) is 5.58 Å². The monoisotopic (exact) mass is 157 g/mol. The van der Waals surface area contributed by atoms with Crippen molar-refractivity contribution < 1.29 is 9.52 Å². The number of rotatable bonds is 0. The molecule has 0 spiro atoms. The summed E-state index contributed by atoms with van der Waals surface area (Å²) in [5.74, 6) is -0.0454. The van der Waals surface area contributed by atoms with Crippen molar-refractivity contribution in [3.05, 3.63) is 17.4 Å². The van der Waals surface area contributed by atoms with Crippen molar-refractivity contribution in [3.63, 3.8) is 0 Å². The van der Waals surface area contributed by atoms with E-state index >= 15 is 0 Å². The van der Waals surface area contributed by atoms with Crippen LogP contribution in [0.5, 0.6) is 5.88 Å². The van der Waals surface area contributed by atoms with E-state index in [1.165, 1.54) is 6.26 Å². The zero-order valence-corrected chi connectivity index (χ0v) is 5.64. The fraction of sp³-hybridized carbons (Fsp3) is 0. The lowest BCUT2D eigenvalue weighted by Gasteiger charge is -1.80. The Kier molecular flexibility index (Phi) is 0.964. The second kappa shape index (κ2) is 1.70. The van der Waals surface area contributed by atoms with Gasteiger partial charge in [0.1, 0.15) is 5.02 Å². The summed E-state index contributed by atoms with van der Waals surface area (Å²) in [6.07, 6.45) is 1.51. The Balaban J connectivity index is 2.95. The smallest absolute Gasteiger partial charge is 0.212 e. The Morgan fingerprint density at radius 2 is 2.40 bits per heavy atom. The van der Waals surface area contributed by atoms with Crippen LogP contribution in [-0.4, -0.2) is 10.1 Å². The largest absolute Gasteiger partial charge is 0.493 e. The van der Waals surface area contributed by atoms with Gasteiger partial charge in [0.2, 0.25) is 5.88 Å². The number of aromatic nitrogens is 1. The summed E-state index contributed by atoms with van der Waals surface area (Å²) >= 11 is 5.61. The van der Waals surface area contributed by atoms with Gasteiger partial charge in [-0.25, -0.2) is 0 Å². The molecule has 0 aliphatic heterocycles. The summed E-state index contributed by atoms with van der Waals surface area (Å²) in [7, 11) is 0. The van der Waals surface area contributed by atoms with Crippen LogP contribution < -0.4 is 0 Å². The summed E-state index contributed by atoms with van der Waals surface area (Å²) in [6.45, 7) is 0. The molecule has 0 bridgehead atoms. The SMILES string of the molecule is Oc1[nH]c2ccoc2c1Cl. The van der Waals surface area contributed by atoms with E-state index in [1.807, 2.05) is 0 Å². The number of fused-ring (bicyclic) bond motifs is 1. The molecular formula is C6H4ClNO2. The number of H-pyrrole nitrogens is 1. The number of nitrogens with one attached hydrogen (secondary N) is 1. The normalized spacial score (nSPS) is 10.9. The van der Waals surface area contributed by atoms with Crippen molar-refractivity contribution in [1.82, 2.24) is 4.98 Å². The second-order valence-corrected chi connectivity index (χ2v) is 2.33. The molecular weight excluding hydrogens is 154 g/mol. The molecule has 3 nitrogen and oxygen atoms in total. The first-order valence-electron chi connectivity index (χ1n) is 2.72. The van der Waals surface area contributed by atoms with E-state index in [2.05, 4.69) is 4.98 Å². The highest BCUT2D eigenvalue weighted by Gasteiger charge is 2.09. The van der Waals surface area contributed by atoms with E-state index in [1.54, 1.807) is 6.07 Å². The Bertz CT molecular complexity index is 363. The first kappa shape index (κ1) is 5.68. The van der Waals surface area contributed by atoms with Crippen LogP contribution in [-0.2, 0) is 0 Å². The number of hydrogen-bond acceptors (Lipinski definition) is 2. The van der Waals surface area contributed by atoms with Crippen LogP contribution in [0.25, 0.3) is 11.1 Å². The van der Waals surface area contributed by atoms with Gasteiger partial charge in [-0.3, -0.25) is 0 Å². The third-order valence-corrected chi connectivity index (χ3v) is 1.68. The standard InChI is InChI=1S/C6H4ClNO2/c7-4-5-3(1-2-10-5)8-6(4)9/h1-2,8-9H. The van der Waals surface area contributed by atoms with Crippen LogP contribution in [0.15, 0.2) is 16.7 Å². The average molecular weight is 158 g/mol. The van der Waals surface area contributed by atoms with Crippen LogP contribution >= 0.6 is 11.6 Å². The quantitative estimate of drug-likeness (QED) is 0.616. The minimum Gasteiger partial charge on any atom is -0.493 e. The summed E-state index contributed by atoms with van der Waals surface area (Å²) in [6, 6.07) is 1.70. The van der Waals surface area contributed by atoms with Crippen molar-refractivity contribution in [2.75, 3.05) is 0 Å². The first-order chi connectivity index (χ1) is 4.79. The molecule has 2 aromatic heterocycles. The van der Waals surface area contributed by atoms with Gasteiger partial charge in [-0.2, -0.15) is 0 Å². The maximum absolute atomic E-state index is 8.98. The molecule has 0 radical (unpaired) electrons. The molecule has 0 fully saturated rings. The third kappa shape index (κ3) is 0.552.